The van der Waals surface area contributed by atoms with Gasteiger partial charge in [-0.3, -0.25) is 0 Å². The quantitative estimate of drug-likeness (QED) is 0.667. The van der Waals surface area contributed by atoms with Crippen LogP contribution in [0.2, 0.25) is 0 Å². The monoisotopic (exact) mass is 302 g/mol. The highest BCUT2D eigenvalue weighted by molar-refractivity contribution is 9.09. The third-order valence-corrected chi connectivity index (χ3v) is 3.83. The summed E-state index contributed by atoms with van der Waals surface area (Å²) in [5.41, 5.74) is 0.311. The van der Waals surface area contributed by atoms with Gasteiger partial charge in [0.15, 0.2) is 0 Å². The smallest absolute Gasteiger partial charge is 0.0635 e. The van der Waals surface area contributed by atoms with Gasteiger partial charge in [0.2, 0.25) is 0 Å². The topological polar surface area (TPSA) is 27.0 Å². The van der Waals surface area contributed by atoms with Gasteiger partial charge in [-0.15, -0.1) is 0 Å². The first-order valence-electron chi connectivity index (χ1n) is 6.46. The number of alkyl halides is 1. The van der Waals surface area contributed by atoms with Gasteiger partial charge in [-0.25, -0.2) is 0 Å². The van der Waals surface area contributed by atoms with Gasteiger partial charge in [0, 0.05) is 31.4 Å². The molecule has 1 atom stereocenters. The molecule has 0 saturated heterocycles. The number of rotatable bonds is 7. The summed E-state index contributed by atoms with van der Waals surface area (Å²) in [5.74, 6) is 1.28. The van der Waals surface area contributed by atoms with E-state index in [2.05, 4.69) is 61.5 Å². The molecule has 0 amide bonds. The molecule has 0 spiro atoms. The van der Waals surface area contributed by atoms with Crippen molar-refractivity contribution in [3.63, 3.8) is 0 Å². The first-order chi connectivity index (χ1) is 7.81. The maximum atomic E-state index is 8.71. The van der Waals surface area contributed by atoms with E-state index < -0.39 is 0 Å². The minimum absolute atomic E-state index is 0.311. The van der Waals surface area contributed by atoms with Crippen molar-refractivity contribution in [2.24, 2.45) is 17.3 Å². The van der Waals surface area contributed by atoms with Crippen LogP contribution in [0.1, 0.15) is 41.0 Å². The lowest BCUT2D eigenvalue weighted by Gasteiger charge is -2.35. The Labute approximate surface area is 116 Å². The molecule has 2 nitrogen and oxygen atoms in total. The van der Waals surface area contributed by atoms with E-state index in [1.807, 2.05) is 0 Å². The van der Waals surface area contributed by atoms with Gasteiger partial charge in [-0.05, 0) is 17.3 Å². The standard InChI is InChI=1S/C14H27BrN2/c1-12(2)10-17(8-6-7-16)11-13(9-15)14(3,4)5/h12-13H,6,8-11H2,1-5H3. The molecular formula is C14H27BrN2. The van der Waals surface area contributed by atoms with E-state index in [1.54, 1.807) is 0 Å². The molecule has 0 aliphatic carbocycles. The molecule has 0 fully saturated rings. The largest absolute Gasteiger partial charge is 0.302 e. The van der Waals surface area contributed by atoms with Crippen molar-refractivity contribution in [3.8, 4) is 6.07 Å². The number of hydrogen-bond acceptors (Lipinski definition) is 2. The molecule has 100 valence electrons. The predicted molar refractivity (Wildman–Crippen MR) is 78.2 cm³/mol. The number of nitriles is 1. The van der Waals surface area contributed by atoms with E-state index in [1.165, 1.54) is 0 Å². The summed E-state index contributed by atoms with van der Waals surface area (Å²) in [6.45, 7) is 14.4. The Kier molecular flexibility index (Phi) is 8.07. The summed E-state index contributed by atoms with van der Waals surface area (Å²) in [7, 11) is 0. The molecular weight excluding hydrogens is 276 g/mol. The van der Waals surface area contributed by atoms with Crippen LogP contribution >= 0.6 is 15.9 Å². The zero-order chi connectivity index (χ0) is 13.5. The third kappa shape index (κ3) is 7.78. The van der Waals surface area contributed by atoms with E-state index in [4.69, 9.17) is 5.26 Å². The van der Waals surface area contributed by atoms with Gasteiger partial charge in [0.1, 0.15) is 0 Å². The Morgan fingerprint density at radius 2 is 1.82 bits per heavy atom. The molecule has 1 unspecified atom stereocenters. The van der Waals surface area contributed by atoms with Crippen molar-refractivity contribution in [2.75, 3.05) is 25.0 Å². The van der Waals surface area contributed by atoms with Gasteiger partial charge < -0.3 is 4.90 Å². The SMILES string of the molecule is CC(C)CN(CCC#N)CC(CBr)C(C)(C)C. The second-order valence-corrected chi connectivity index (χ2v) is 6.93. The molecule has 0 aliphatic rings. The second-order valence-electron chi connectivity index (χ2n) is 6.28. The van der Waals surface area contributed by atoms with Crippen LogP contribution in [0, 0.1) is 28.6 Å². The molecule has 0 bridgehead atoms. The molecule has 0 rings (SSSR count). The van der Waals surface area contributed by atoms with Crippen molar-refractivity contribution < 1.29 is 0 Å². The third-order valence-electron chi connectivity index (χ3n) is 3.05. The van der Waals surface area contributed by atoms with Crippen molar-refractivity contribution in [1.82, 2.24) is 4.90 Å². The molecule has 17 heavy (non-hydrogen) atoms. The summed E-state index contributed by atoms with van der Waals surface area (Å²) in [5, 5.41) is 9.74. The van der Waals surface area contributed by atoms with E-state index in [0.29, 0.717) is 23.7 Å². The highest BCUT2D eigenvalue weighted by Gasteiger charge is 2.25. The summed E-state index contributed by atoms with van der Waals surface area (Å²) >= 11 is 3.62. The van der Waals surface area contributed by atoms with Crippen LogP contribution < -0.4 is 0 Å². The van der Waals surface area contributed by atoms with Crippen LogP contribution in [-0.4, -0.2) is 29.9 Å². The fourth-order valence-corrected chi connectivity index (χ4v) is 3.02. The van der Waals surface area contributed by atoms with Gasteiger partial charge in [-0.1, -0.05) is 50.5 Å². The Hall–Kier alpha value is -0.0700. The molecule has 0 radical (unpaired) electrons. The highest BCUT2D eigenvalue weighted by atomic mass is 79.9. The molecule has 0 aliphatic heterocycles. The number of nitrogens with zero attached hydrogens (tertiary/aromatic N) is 2. The van der Waals surface area contributed by atoms with Crippen molar-refractivity contribution in [2.45, 2.75) is 41.0 Å². The zero-order valence-electron chi connectivity index (χ0n) is 12.0. The van der Waals surface area contributed by atoms with Crippen molar-refractivity contribution in [3.05, 3.63) is 0 Å². The number of hydrogen-bond donors (Lipinski definition) is 0. The zero-order valence-corrected chi connectivity index (χ0v) is 13.5. The Bertz CT molecular complexity index is 238. The average molecular weight is 303 g/mol. The molecule has 0 heterocycles. The van der Waals surface area contributed by atoms with E-state index >= 15 is 0 Å². The fraction of sp³-hybridized carbons (Fsp3) is 0.929. The predicted octanol–water partition coefficient (Wildman–Crippen LogP) is 3.92. The van der Waals surface area contributed by atoms with Crippen LogP contribution in [-0.2, 0) is 0 Å². The van der Waals surface area contributed by atoms with E-state index in [-0.39, 0.29) is 0 Å². The van der Waals surface area contributed by atoms with Crippen LogP contribution in [0.15, 0.2) is 0 Å². The number of halogens is 1. The molecule has 0 saturated carbocycles. The second kappa shape index (κ2) is 8.11. The Morgan fingerprint density at radius 1 is 1.24 bits per heavy atom. The molecule has 3 heteroatoms. The van der Waals surface area contributed by atoms with Gasteiger partial charge in [-0.2, -0.15) is 5.26 Å². The average Bonchev–Trinajstić information content (AvgIpc) is 2.19. The fourth-order valence-electron chi connectivity index (χ4n) is 1.85. The highest BCUT2D eigenvalue weighted by Crippen LogP contribution is 2.28. The molecule has 0 aromatic heterocycles. The van der Waals surface area contributed by atoms with E-state index in [9.17, 15) is 0 Å². The van der Waals surface area contributed by atoms with Gasteiger partial charge in [0.05, 0.1) is 6.07 Å². The summed E-state index contributed by atoms with van der Waals surface area (Å²) in [6.07, 6.45) is 0.631. The van der Waals surface area contributed by atoms with Gasteiger partial charge in [0.25, 0.3) is 0 Å². The lowest BCUT2D eigenvalue weighted by Crippen LogP contribution is -2.38. The van der Waals surface area contributed by atoms with Gasteiger partial charge >= 0.3 is 0 Å². The summed E-state index contributed by atoms with van der Waals surface area (Å²) in [4.78, 5) is 2.44. The Morgan fingerprint density at radius 3 is 2.18 bits per heavy atom. The van der Waals surface area contributed by atoms with Crippen LogP contribution in [0.4, 0.5) is 0 Å². The maximum absolute atomic E-state index is 8.71. The Balaban J connectivity index is 4.43. The summed E-state index contributed by atoms with van der Waals surface area (Å²) < 4.78 is 0. The normalized spacial score (nSPS) is 14.1. The summed E-state index contributed by atoms with van der Waals surface area (Å²) in [6, 6.07) is 2.25. The lowest BCUT2D eigenvalue weighted by atomic mass is 9.81. The molecule has 0 aromatic rings. The van der Waals surface area contributed by atoms with E-state index in [0.717, 1.165) is 25.0 Å². The van der Waals surface area contributed by atoms with Crippen molar-refractivity contribution >= 4 is 15.9 Å². The molecule has 0 aromatic carbocycles. The maximum Gasteiger partial charge on any atom is 0.0635 e. The lowest BCUT2D eigenvalue weighted by molar-refractivity contribution is 0.155. The first-order valence-corrected chi connectivity index (χ1v) is 7.58. The minimum Gasteiger partial charge on any atom is -0.302 e. The van der Waals surface area contributed by atoms with Crippen LogP contribution in [0.5, 0.6) is 0 Å². The van der Waals surface area contributed by atoms with Crippen LogP contribution in [0.3, 0.4) is 0 Å². The minimum atomic E-state index is 0.311. The van der Waals surface area contributed by atoms with Crippen molar-refractivity contribution in [1.29, 1.82) is 5.26 Å². The van der Waals surface area contributed by atoms with Crippen LogP contribution in [0.25, 0.3) is 0 Å². The first kappa shape index (κ1) is 16.9. The molecule has 0 N–H and O–H groups in total.